The Morgan fingerprint density at radius 2 is 1.94 bits per heavy atom. The normalized spacial score (nSPS) is 22.3. The largest absolute Gasteiger partial charge is 0.498 e. The van der Waals surface area contributed by atoms with E-state index in [1.807, 2.05) is 11.0 Å². The molecule has 6 rings (SSSR count). The average Bonchev–Trinajstić information content (AvgIpc) is 3.13. The average molecular weight is 457 g/mol. The molecule has 10 heteroatoms. The summed E-state index contributed by atoms with van der Waals surface area (Å²) in [5, 5.41) is 11.9. The lowest BCUT2D eigenvalue weighted by atomic mass is 10.1. The number of aromatic amines is 1. The summed E-state index contributed by atoms with van der Waals surface area (Å²) in [5.41, 5.74) is 1.06. The van der Waals surface area contributed by atoms with E-state index >= 15 is 0 Å². The smallest absolute Gasteiger partial charge is 0.222 e. The highest BCUT2D eigenvalue weighted by molar-refractivity contribution is 6.30. The second-order valence-electron chi connectivity index (χ2n) is 8.16. The van der Waals surface area contributed by atoms with Crippen molar-refractivity contribution in [2.24, 2.45) is 4.99 Å². The SMILES string of the molecule is O=C1CCCCOC2=CC=C(Cl)C(C2)N=Cc2c(O)[nH]c3ncnc(c23)N2CCN1CC2. The number of aromatic nitrogens is 3. The van der Waals surface area contributed by atoms with Gasteiger partial charge < -0.3 is 24.6 Å². The summed E-state index contributed by atoms with van der Waals surface area (Å²) in [6.07, 6.45) is 9.44. The van der Waals surface area contributed by atoms with Crippen LogP contribution in [0.4, 0.5) is 5.82 Å². The Kier molecular flexibility index (Phi) is 5.73. The predicted octanol–water partition coefficient (Wildman–Crippen LogP) is 2.71. The monoisotopic (exact) mass is 456 g/mol. The molecule has 0 spiro atoms. The van der Waals surface area contributed by atoms with Gasteiger partial charge in [-0.3, -0.25) is 9.79 Å². The van der Waals surface area contributed by atoms with Gasteiger partial charge in [0, 0.05) is 50.3 Å². The van der Waals surface area contributed by atoms with Crippen LogP contribution < -0.4 is 4.90 Å². The van der Waals surface area contributed by atoms with Crippen molar-refractivity contribution in [3.05, 3.63) is 34.8 Å². The molecule has 1 fully saturated rings. The number of aliphatic imine (C=N–C) groups is 1. The van der Waals surface area contributed by atoms with E-state index < -0.39 is 0 Å². The number of allylic oxidation sites excluding steroid dienone is 2. The molecule has 2 aromatic rings. The van der Waals surface area contributed by atoms with Crippen molar-refractivity contribution >= 4 is 40.6 Å². The summed E-state index contributed by atoms with van der Waals surface area (Å²) >= 11 is 6.41. The van der Waals surface area contributed by atoms with Crippen molar-refractivity contribution in [3.63, 3.8) is 0 Å². The fraction of sp³-hybridized carbons (Fsp3) is 0.455. The van der Waals surface area contributed by atoms with E-state index in [4.69, 9.17) is 16.3 Å². The number of carbonyl (C=O) groups excluding carboxylic acids is 1. The lowest BCUT2D eigenvalue weighted by Crippen LogP contribution is -2.49. The van der Waals surface area contributed by atoms with E-state index in [1.54, 1.807) is 12.3 Å². The minimum atomic E-state index is -0.293. The number of piperazine rings is 1. The van der Waals surface area contributed by atoms with Crippen LogP contribution in [0.15, 0.2) is 34.3 Å². The highest BCUT2D eigenvalue weighted by atomic mass is 35.5. The number of rotatable bonds is 0. The Morgan fingerprint density at radius 3 is 2.78 bits per heavy atom. The second kappa shape index (κ2) is 8.82. The van der Waals surface area contributed by atoms with Gasteiger partial charge in [0.15, 0.2) is 5.88 Å². The lowest BCUT2D eigenvalue weighted by Gasteiger charge is -2.35. The van der Waals surface area contributed by atoms with E-state index in [1.165, 1.54) is 6.33 Å². The van der Waals surface area contributed by atoms with Gasteiger partial charge in [0.05, 0.1) is 29.4 Å². The van der Waals surface area contributed by atoms with Gasteiger partial charge in [0.25, 0.3) is 0 Å². The molecule has 0 radical (unpaired) electrons. The van der Waals surface area contributed by atoms with Crippen LogP contribution in [0, 0.1) is 0 Å². The fourth-order valence-corrected chi connectivity index (χ4v) is 4.52. The third-order valence-electron chi connectivity index (χ3n) is 6.12. The van der Waals surface area contributed by atoms with Crippen LogP contribution in [0.2, 0.25) is 0 Å². The number of hydrogen-bond donors (Lipinski definition) is 2. The molecule has 9 nitrogen and oxygen atoms in total. The standard InChI is InChI=1S/C22H25ClN6O3/c23-16-5-4-14-11-17(16)24-12-15-19-20(27-22(15)31)25-13-26-21(19)29-8-6-28(7-9-29)18(30)3-1-2-10-32-14/h4-5,12-13,17,31H,1-3,6-11H2,(H,25,26,27). The molecule has 1 amide bonds. The van der Waals surface area contributed by atoms with E-state index in [0.29, 0.717) is 67.3 Å². The number of fused-ring (bicyclic) bond motifs is 7. The first-order valence-corrected chi connectivity index (χ1v) is 11.3. The lowest BCUT2D eigenvalue weighted by molar-refractivity contribution is -0.131. The molecule has 4 aliphatic rings. The Morgan fingerprint density at radius 1 is 1.12 bits per heavy atom. The molecule has 0 saturated carbocycles. The zero-order valence-corrected chi connectivity index (χ0v) is 18.4. The molecule has 168 valence electrons. The number of nitrogens with one attached hydrogen (secondary N) is 1. The molecular weight excluding hydrogens is 432 g/mol. The van der Waals surface area contributed by atoms with Gasteiger partial charge in [0.1, 0.15) is 17.8 Å². The number of hydrogen-bond acceptors (Lipinski definition) is 7. The van der Waals surface area contributed by atoms with E-state index in [9.17, 15) is 9.90 Å². The third kappa shape index (κ3) is 4.04. The summed E-state index contributed by atoms with van der Waals surface area (Å²) in [7, 11) is 0. The van der Waals surface area contributed by atoms with Crippen molar-refractivity contribution in [2.75, 3.05) is 37.7 Å². The minimum absolute atomic E-state index is 0.0170. The van der Waals surface area contributed by atoms with Gasteiger partial charge in [-0.2, -0.15) is 0 Å². The summed E-state index contributed by atoms with van der Waals surface area (Å²) in [6.45, 7) is 3.15. The van der Waals surface area contributed by atoms with Crippen LogP contribution in [0.3, 0.4) is 0 Å². The molecule has 3 aliphatic heterocycles. The molecule has 1 unspecified atom stereocenters. The summed E-state index contributed by atoms with van der Waals surface area (Å²) in [6, 6.07) is -0.293. The van der Waals surface area contributed by atoms with Crippen molar-refractivity contribution in [1.82, 2.24) is 19.9 Å². The summed E-state index contributed by atoms with van der Waals surface area (Å²) in [4.78, 5) is 33.0. The molecule has 1 aliphatic carbocycles. The maximum Gasteiger partial charge on any atom is 0.222 e. The van der Waals surface area contributed by atoms with Crippen molar-refractivity contribution < 1.29 is 14.6 Å². The van der Waals surface area contributed by atoms with E-state index in [0.717, 1.165) is 24.4 Å². The van der Waals surface area contributed by atoms with Crippen LogP contribution in [-0.4, -0.2) is 75.9 Å². The summed E-state index contributed by atoms with van der Waals surface area (Å²) < 4.78 is 5.90. The first-order chi connectivity index (χ1) is 15.6. The van der Waals surface area contributed by atoms with Crippen LogP contribution in [-0.2, 0) is 9.53 Å². The zero-order chi connectivity index (χ0) is 22.1. The van der Waals surface area contributed by atoms with Crippen LogP contribution in [0.5, 0.6) is 5.88 Å². The number of H-pyrrole nitrogens is 1. The van der Waals surface area contributed by atoms with Gasteiger partial charge in [-0.1, -0.05) is 11.6 Å². The van der Waals surface area contributed by atoms with Gasteiger partial charge in [-0.15, -0.1) is 0 Å². The number of anilines is 1. The topological polar surface area (TPSA) is 107 Å². The van der Waals surface area contributed by atoms with E-state index in [-0.39, 0.29) is 17.8 Å². The molecule has 5 heterocycles. The number of amides is 1. The Labute approximate surface area is 190 Å². The van der Waals surface area contributed by atoms with Gasteiger partial charge in [0.2, 0.25) is 5.91 Å². The maximum absolute atomic E-state index is 12.6. The van der Waals surface area contributed by atoms with Crippen molar-refractivity contribution in [2.45, 2.75) is 31.7 Å². The molecular formula is C22H25ClN6O3. The van der Waals surface area contributed by atoms with Gasteiger partial charge in [-0.25, -0.2) is 9.97 Å². The molecule has 1 atom stereocenters. The number of carbonyl (C=O) groups is 1. The number of halogens is 1. The third-order valence-corrected chi connectivity index (χ3v) is 6.50. The highest BCUT2D eigenvalue weighted by Crippen LogP contribution is 2.33. The first-order valence-electron chi connectivity index (χ1n) is 10.9. The fourth-order valence-electron chi connectivity index (χ4n) is 4.32. The van der Waals surface area contributed by atoms with Gasteiger partial charge >= 0.3 is 0 Å². The van der Waals surface area contributed by atoms with Crippen molar-refractivity contribution in [1.29, 1.82) is 0 Å². The first kappa shape index (κ1) is 20.8. The van der Waals surface area contributed by atoms with Crippen LogP contribution in [0.25, 0.3) is 11.0 Å². The molecule has 1 saturated heterocycles. The molecule has 0 aromatic carbocycles. The van der Waals surface area contributed by atoms with Crippen molar-refractivity contribution in [3.8, 4) is 5.88 Å². The Balaban J connectivity index is 1.53. The predicted molar refractivity (Wildman–Crippen MR) is 122 cm³/mol. The second-order valence-corrected chi connectivity index (χ2v) is 8.60. The van der Waals surface area contributed by atoms with E-state index in [2.05, 4.69) is 24.8 Å². The van der Waals surface area contributed by atoms with Crippen LogP contribution in [0.1, 0.15) is 31.2 Å². The number of ether oxygens (including phenoxy) is 1. The molecule has 2 N–H and O–H groups in total. The maximum atomic E-state index is 12.6. The Bertz CT molecular complexity index is 1120. The summed E-state index contributed by atoms with van der Waals surface area (Å²) in [5.74, 6) is 1.69. The highest BCUT2D eigenvalue weighted by Gasteiger charge is 2.26. The molecule has 4 bridgehead atoms. The van der Waals surface area contributed by atoms with Gasteiger partial charge in [-0.05, 0) is 25.0 Å². The number of aromatic hydroxyl groups is 1. The van der Waals surface area contributed by atoms with Crippen LogP contribution >= 0.6 is 11.6 Å². The quantitative estimate of drug-likeness (QED) is 0.631. The number of nitrogens with zero attached hydrogens (tertiary/aromatic N) is 5. The minimum Gasteiger partial charge on any atom is -0.498 e. The molecule has 32 heavy (non-hydrogen) atoms. The zero-order valence-electron chi connectivity index (χ0n) is 17.6. The Hall–Kier alpha value is -3.07. The molecule has 2 aromatic heterocycles.